The van der Waals surface area contributed by atoms with Gasteiger partial charge in [0.2, 0.25) is 11.8 Å². The summed E-state index contributed by atoms with van der Waals surface area (Å²) in [6, 6.07) is 4.64. The van der Waals surface area contributed by atoms with Gasteiger partial charge in [0.1, 0.15) is 11.5 Å². The molecule has 1 aromatic carbocycles. The molecule has 0 spiro atoms. The zero-order valence-corrected chi connectivity index (χ0v) is 17.5. The Morgan fingerprint density at radius 3 is 2.25 bits per heavy atom. The van der Waals surface area contributed by atoms with Crippen LogP contribution >= 0.6 is 11.8 Å². The van der Waals surface area contributed by atoms with Gasteiger partial charge >= 0.3 is 6.03 Å². The van der Waals surface area contributed by atoms with Gasteiger partial charge in [0.15, 0.2) is 0 Å². The number of nitrogens with zero attached hydrogens (tertiary/aromatic N) is 2. The number of amides is 3. The number of methoxy groups -OCH3 is 2. The van der Waals surface area contributed by atoms with Crippen LogP contribution in [0.2, 0.25) is 0 Å². The van der Waals surface area contributed by atoms with E-state index in [4.69, 9.17) is 13.9 Å². The van der Waals surface area contributed by atoms with Crippen LogP contribution in [0.25, 0.3) is 11.5 Å². The van der Waals surface area contributed by atoms with E-state index >= 15 is 0 Å². The molecule has 0 fully saturated rings. The second-order valence-electron chi connectivity index (χ2n) is 6.93. The summed E-state index contributed by atoms with van der Waals surface area (Å²) in [5.74, 6) is 0.964. The molecule has 1 atom stereocenters. The van der Waals surface area contributed by atoms with Gasteiger partial charge < -0.3 is 19.2 Å². The minimum Gasteiger partial charge on any atom is -0.497 e. The van der Waals surface area contributed by atoms with Gasteiger partial charge in [0.25, 0.3) is 5.22 Å². The predicted molar refractivity (Wildman–Crippen MR) is 105 cm³/mol. The summed E-state index contributed by atoms with van der Waals surface area (Å²) < 4.78 is 16.1. The van der Waals surface area contributed by atoms with Gasteiger partial charge in [-0.2, -0.15) is 0 Å². The summed E-state index contributed by atoms with van der Waals surface area (Å²) in [6.07, 6.45) is 0. The van der Waals surface area contributed by atoms with Crippen LogP contribution in [-0.2, 0) is 4.79 Å². The highest BCUT2D eigenvalue weighted by atomic mass is 32.2. The fraction of sp³-hybridized carbons (Fsp3) is 0.444. The number of benzene rings is 1. The molecular formula is C18H24N4O5S. The molecule has 2 rings (SSSR count). The minimum absolute atomic E-state index is 0.204. The Labute approximate surface area is 167 Å². The maximum absolute atomic E-state index is 12.2. The molecule has 152 valence electrons. The third-order valence-corrected chi connectivity index (χ3v) is 4.31. The number of carbonyl (C=O) groups is 2. The molecular weight excluding hydrogens is 384 g/mol. The zero-order chi connectivity index (χ0) is 20.9. The molecule has 0 radical (unpaired) electrons. The lowest BCUT2D eigenvalue weighted by atomic mass is 10.1. The quantitative estimate of drug-likeness (QED) is 0.701. The number of rotatable bonds is 6. The highest BCUT2D eigenvalue weighted by molar-refractivity contribution is 8.00. The van der Waals surface area contributed by atoms with E-state index in [2.05, 4.69) is 20.8 Å². The molecule has 9 nitrogen and oxygen atoms in total. The number of ether oxygens (including phenoxy) is 2. The van der Waals surface area contributed by atoms with Crippen LogP contribution in [0.4, 0.5) is 4.79 Å². The van der Waals surface area contributed by atoms with Gasteiger partial charge in [-0.05, 0) is 39.8 Å². The van der Waals surface area contributed by atoms with Crippen LogP contribution in [-0.4, -0.2) is 47.1 Å². The van der Waals surface area contributed by atoms with Gasteiger partial charge in [-0.3, -0.25) is 10.1 Å². The Morgan fingerprint density at radius 1 is 1.11 bits per heavy atom. The second kappa shape index (κ2) is 8.96. The van der Waals surface area contributed by atoms with Gasteiger partial charge in [-0.1, -0.05) is 11.8 Å². The van der Waals surface area contributed by atoms with E-state index in [-0.39, 0.29) is 11.1 Å². The van der Waals surface area contributed by atoms with Crippen molar-refractivity contribution in [3.63, 3.8) is 0 Å². The average molecular weight is 408 g/mol. The summed E-state index contributed by atoms with van der Waals surface area (Å²) in [7, 11) is 3.09. The average Bonchev–Trinajstić information content (AvgIpc) is 3.07. The van der Waals surface area contributed by atoms with Crippen molar-refractivity contribution in [2.24, 2.45) is 0 Å². The molecule has 0 saturated heterocycles. The van der Waals surface area contributed by atoms with E-state index in [0.717, 1.165) is 11.8 Å². The van der Waals surface area contributed by atoms with E-state index in [9.17, 15) is 9.59 Å². The van der Waals surface area contributed by atoms with Crippen LogP contribution < -0.4 is 20.1 Å². The Balaban J connectivity index is 2.04. The van der Waals surface area contributed by atoms with Gasteiger partial charge in [0.05, 0.1) is 19.5 Å². The molecule has 0 aliphatic heterocycles. The van der Waals surface area contributed by atoms with Gasteiger partial charge in [-0.25, -0.2) is 4.79 Å². The van der Waals surface area contributed by atoms with Crippen molar-refractivity contribution >= 4 is 23.7 Å². The van der Waals surface area contributed by atoms with E-state index in [1.807, 2.05) is 20.8 Å². The normalized spacial score (nSPS) is 12.2. The molecule has 0 unspecified atom stereocenters. The van der Waals surface area contributed by atoms with Gasteiger partial charge in [0, 0.05) is 17.2 Å². The van der Waals surface area contributed by atoms with E-state index in [1.54, 1.807) is 39.3 Å². The Morgan fingerprint density at radius 2 is 1.71 bits per heavy atom. The van der Waals surface area contributed by atoms with Crippen molar-refractivity contribution in [2.45, 2.75) is 43.7 Å². The highest BCUT2D eigenvalue weighted by Gasteiger charge is 2.22. The van der Waals surface area contributed by atoms with Crippen LogP contribution in [0, 0.1) is 0 Å². The van der Waals surface area contributed by atoms with Gasteiger partial charge in [-0.15, -0.1) is 10.2 Å². The smallest absolute Gasteiger partial charge is 0.321 e. The van der Waals surface area contributed by atoms with E-state index in [1.165, 1.54) is 0 Å². The molecule has 1 aromatic heterocycles. The van der Waals surface area contributed by atoms with E-state index < -0.39 is 22.7 Å². The number of hydrogen-bond donors (Lipinski definition) is 2. The first-order valence-corrected chi connectivity index (χ1v) is 9.36. The summed E-state index contributed by atoms with van der Waals surface area (Å²) in [5, 5.41) is 12.5. The third-order valence-electron chi connectivity index (χ3n) is 3.38. The summed E-state index contributed by atoms with van der Waals surface area (Å²) in [6.45, 7) is 7.11. The maximum atomic E-state index is 12.2. The summed E-state index contributed by atoms with van der Waals surface area (Å²) in [5.41, 5.74) is 0.178. The zero-order valence-electron chi connectivity index (χ0n) is 16.7. The lowest BCUT2D eigenvalue weighted by Gasteiger charge is -2.20. The molecule has 2 aromatic rings. The molecule has 10 heteroatoms. The fourth-order valence-electron chi connectivity index (χ4n) is 2.10. The number of thioether (sulfide) groups is 1. The molecule has 28 heavy (non-hydrogen) atoms. The lowest BCUT2D eigenvalue weighted by molar-refractivity contribution is -0.119. The fourth-order valence-corrected chi connectivity index (χ4v) is 2.78. The molecule has 2 N–H and O–H groups in total. The predicted octanol–water partition coefficient (Wildman–Crippen LogP) is 2.86. The SMILES string of the molecule is COc1cc(OC)cc(-c2nnc(S[C@H](C)C(=O)NC(=O)NC(C)(C)C)o2)c1. The molecule has 0 bridgehead atoms. The van der Waals surface area contributed by atoms with E-state index in [0.29, 0.717) is 17.1 Å². The molecule has 0 aliphatic carbocycles. The number of imide groups is 1. The van der Waals surface area contributed by atoms with Crippen molar-refractivity contribution in [1.29, 1.82) is 0 Å². The maximum Gasteiger partial charge on any atom is 0.321 e. The van der Waals surface area contributed by atoms with Crippen molar-refractivity contribution in [2.75, 3.05) is 14.2 Å². The Kier molecular flexibility index (Phi) is 6.90. The molecule has 3 amide bonds. The third kappa shape index (κ3) is 6.15. The number of urea groups is 1. The Bertz CT molecular complexity index is 824. The number of hydrogen-bond acceptors (Lipinski definition) is 8. The summed E-state index contributed by atoms with van der Waals surface area (Å²) in [4.78, 5) is 24.0. The topological polar surface area (TPSA) is 116 Å². The van der Waals surface area contributed by atoms with Crippen molar-refractivity contribution in [3.8, 4) is 23.0 Å². The van der Waals surface area contributed by atoms with Crippen molar-refractivity contribution in [3.05, 3.63) is 18.2 Å². The second-order valence-corrected chi connectivity index (χ2v) is 8.22. The molecule has 0 aliphatic rings. The molecule has 1 heterocycles. The number of nitrogens with one attached hydrogen (secondary N) is 2. The first kappa shape index (κ1) is 21.5. The lowest BCUT2D eigenvalue weighted by Crippen LogP contribution is -2.49. The van der Waals surface area contributed by atoms with Crippen molar-refractivity contribution in [1.82, 2.24) is 20.8 Å². The van der Waals surface area contributed by atoms with Crippen LogP contribution in [0.5, 0.6) is 11.5 Å². The number of aromatic nitrogens is 2. The standard InChI is InChI=1S/C18H24N4O5S/c1-10(14(23)19-16(24)20-18(2,3)4)28-17-22-21-15(27-17)11-7-12(25-5)9-13(8-11)26-6/h7-10H,1-6H3,(H2,19,20,23,24)/t10-/m1/s1. The largest absolute Gasteiger partial charge is 0.497 e. The van der Waals surface area contributed by atoms with Crippen LogP contribution in [0.15, 0.2) is 27.8 Å². The first-order chi connectivity index (χ1) is 13.1. The number of carbonyl (C=O) groups excluding carboxylic acids is 2. The van der Waals surface area contributed by atoms with Crippen molar-refractivity contribution < 1.29 is 23.5 Å². The first-order valence-electron chi connectivity index (χ1n) is 8.48. The summed E-state index contributed by atoms with van der Waals surface area (Å²) >= 11 is 1.05. The Hall–Kier alpha value is -2.75. The van der Waals surface area contributed by atoms with Crippen LogP contribution in [0.1, 0.15) is 27.7 Å². The minimum atomic E-state index is -0.612. The van der Waals surface area contributed by atoms with Crippen LogP contribution in [0.3, 0.4) is 0 Å². The molecule has 0 saturated carbocycles. The highest BCUT2D eigenvalue weighted by Crippen LogP contribution is 2.31. The monoisotopic (exact) mass is 408 g/mol.